The normalized spacial score (nSPS) is 19.9. The predicted molar refractivity (Wildman–Crippen MR) is 88.3 cm³/mol. The van der Waals surface area contributed by atoms with Gasteiger partial charge < -0.3 is 9.94 Å². The van der Waals surface area contributed by atoms with Crippen LogP contribution >= 0.6 is 0 Å². The molecule has 0 aliphatic carbocycles. The van der Waals surface area contributed by atoms with E-state index in [2.05, 4.69) is 5.16 Å². The summed E-state index contributed by atoms with van der Waals surface area (Å²) in [6, 6.07) is 4.68. The molecular formula is C15H21N3O6S. The van der Waals surface area contributed by atoms with Crippen LogP contribution < -0.4 is 10.2 Å². The van der Waals surface area contributed by atoms with Crippen LogP contribution in [0.5, 0.6) is 5.75 Å². The monoisotopic (exact) mass is 371 g/mol. The molecule has 1 amide bonds. The van der Waals surface area contributed by atoms with Crippen LogP contribution in [0.15, 0.2) is 34.3 Å². The Balaban J connectivity index is 2.23. The molecule has 0 unspecified atom stereocenters. The van der Waals surface area contributed by atoms with Gasteiger partial charge >= 0.3 is 0 Å². The van der Waals surface area contributed by atoms with Gasteiger partial charge in [0.25, 0.3) is 5.91 Å². The Morgan fingerprint density at radius 2 is 2.08 bits per heavy atom. The summed E-state index contributed by atoms with van der Waals surface area (Å²) in [6.45, 7) is 2.35. The standard InChI is InChI=1S/C15H21N3O6S/c1-2-3-8-24-12-4-6-13(7-5-12)25(22,23)18-10-11(16-20)9-14(18)15(19)17-21/h4-7,14,20-21H,2-3,8-10H2,1H3,(H,17,19)/b16-11+/t14-/m1/s1. The van der Waals surface area contributed by atoms with Crippen LogP contribution in [0.3, 0.4) is 0 Å². The topological polar surface area (TPSA) is 129 Å². The van der Waals surface area contributed by atoms with Gasteiger partial charge in [-0.25, -0.2) is 13.9 Å². The Morgan fingerprint density at radius 3 is 2.64 bits per heavy atom. The van der Waals surface area contributed by atoms with Crippen molar-refractivity contribution < 1.29 is 28.4 Å². The van der Waals surface area contributed by atoms with E-state index >= 15 is 0 Å². The van der Waals surface area contributed by atoms with Crippen LogP contribution in [0.1, 0.15) is 26.2 Å². The number of unbranched alkanes of at least 4 members (excludes halogenated alkanes) is 1. The third kappa shape index (κ3) is 4.27. The highest BCUT2D eigenvalue weighted by atomic mass is 32.2. The van der Waals surface area contributed by atoms with E-state index in [0.29, 0.717) is 12.4 Å². The molecule has 0 radical (unpaired) electrons. The third-order valence-electron chi connectivity index (χ3n) is 3.87. The minimum absolute atomic E-state index is 0.0229. The fraction of sp³-hybridized carbons (Fsp3) is 0.467. The molecule has 3 N–H and O–H groups in total. The van der Waals surface area contributed by atoms with Crippen molar-refractivity contribution in [2.75, 3.05) is 13.2 Å². The minimum atomic E-state index is -4.01. The molecule has 0 bridgehead atoms. The number of hydrogen-bond acceptors (Lipinski definition) is 7. The van der Waals surface area contributed by atoms with Crippen molar-refractivity contribution in [3.8, 4) is 5.75 Å². The van der Waals surface area contributed by atoms with Gasteiger partial charge in [-0.05, 0) is 30.7 Å². The molecule has 1 aromatic rings. The molecule has 0 spiro atoms. The number of rotatable bonds is 7. The van der Waals surface area contributed by atoms with Gasteiger partial charge in [-0.2, -0.15) is 4.31 Å². The number of amides is 1. The van der Waals surface area contributed by atoms with E-state index in [1.54, 1.807) is 12.1 Å². The maximum Gasteiger partial charge on any atom is 0.262 e. The Hall–Kier alpha value is -2.17. The van der Waals surface area contributed by atoms with E-state index < -0.39 is 22.0 Å². The highest BCUT2D eigenvalue weighted by molar-refractivity contribution is 7.89. The molecule has 0 aromatic heterocycles. The van der Waals surface area contributed by atoms with Gasteiger partial charge in [0.05, 0.1) is 23.8 Å². The Labute approximate surface area is 145 Å². The Bertz CT molecular complexity index is 732. The fourth-order valence-electron chi connectivity index (χ4n) is 2.48. The number of nitrogens with one attached hydrogen (secondary N) is 1. The first kappa shape index (κ1) is 19.2. The molecule has 25 heavy (non-hydrogen) atoms. The maximum atomic E-state index is 12.8. The summed E-state index contributed by atoms with van der Waals surface area (Å²) in [5.41, 5.74) is 1.58. The van der Waals surface area contributed by atoms with Crippen LogP contribution in [0.25, 0.3) is 0 Å². The maximum absolute atomic E-state index is 12.8. The number of benzene rings is 1. The first-order valence-electron chi connectivity index (χ1n) is 7.82. The highest BCUT2D eigenvalue weighted by Gasteiger charge is 2.42. The zero-order valence-electron chi connectivity index (χ0n) is 13.8. The van der Waals surface area contributed by atoms with Crippen molar-refractivity contribution in [1.29, 1.82) is 0 Å². The van der Waals surface area contributed by atoms with Gasteiger partial charge in [-0.1, -0.05) is 18.5 Å². The molecular weight excluding hydrogens is 350 g/mol. The molecule has 1 aliphatic heterocycles. The van der Waals surface area contributed by atoms with E-state index in [9.17, 15) is 13.2 Å². The van der Waals surface area contributed by atoms with Gasteiger partial charge in [0.2, 0.25) is 10.0 Å². The number of ether oxygens (including phenoxy) is 1. The second-order valence-corrected chi connectivity index (χ2v) is 7.48. The van der Waals surface area contributed by atoms with Crippen LogP contribution in [-0.4, -0.2) is 53.9 Å². The van der Waals surface area contributed by atoms with Crippen molar-refractivity contribution in [3.05, 3.63) is 24.3 Å². The number of hydrogen-bond donors (Lipinski definition) is 3. The van der Waals surface area contributed by atoms with Crippen molar-refractivity contribution in [2.45, 2.75) is 37.1 Å². The zero-order chi connectivity index (χ0) is 18.4. The number of hydroxylamine groups is 1. The van der Waals surface area contributed by atoms with Crippen molar-refractivity contribution in [2.24, 2.45) is 5.16 Å². The van der Waals surface area contributed by atoms with Crippen molar-refractivity contribution >= 4 is 21.6 Å². The molecule has 1 aliphatic rings. The molecule has 10 heteroatoms. The fourth-order valence-corrected chi connectivity index (χ4v) is 4.06. The summed E-state index contributed by atoms with van der Waals surface area (Å²) in [6.07, 6.45) is 1.79. The van der Waals surface area contributed by atoms with Crippen LogP contribution in [0.4, 0.5) is 0 Å². The smallest absolute Gasteiger partial charge is 0.262 e. The summed E-state index contributed by atoms with van der Waals surface area (Å²) in [5, 5.41) is 20.7. The van der Waals surface area contributed by atoms with Gasteiger partial charge in [0, 0.05) is 6.42 Å². The molecule has 1 saturated heterocycles. The van der Waals surface area contributed by atoms with Gasteiger partial charge in [0.1, 0.15) is 11.8 Å². The largest absolute Gasteiger partial charge is 0.494 e. The molecule has 1 heterocycles. The molecule has 9 nitrogen and oxygen atoms in total. The van der Waals surface area contributed by atoms with Crippen LogP contribution in [0.2, 0.25) is 0 Å². The lowest BCUT2D eigenvalue weighted by Gasteiger charge is -2.21. The second-order valence-electron chi connectivity index (χ2n) is 5.59. The van der Waals surface area contributed by atoms with Crippen molar-refractivity contribution in [1.82, 2.24) is 9.79 Å². The quantitative estimate of drug-likeness (QED) is 0.283. The van der Waals surface area contributed by atoms with E-state index in [0.717, 1.165) is 17.1 Å². The first-order valence-corrected chi connectivity index (χ1v) is 9.26. The lowest BCUT2D eigenvalue weighted by atomic mass is 10.2. The van der Waals surface area contributed by atoms with E-state index in [1.165, 1.54) is 17.6 Å². The number of sulfonamides is 1. The van der Waals surface area contributed by atoms with E-state index in [4.69, 9.17) is 15.2 Å². The molecule has 138 valence electrons. The number of oxime groups is 1. The van der Waals surface area contributed by atoms with E-state index in [-0.39, 0.29) is 23.6 Å². The van der Waals surface area contributed by atoms with Gasteiger partial charge in [-0.15, -0.1) is 0 Å². The average Bonchev–Trinajstić information content (AvgIpc) is 3.07. The molecule has 1 fully saturated rings. The molecule has 2 rings (SSSR count). The Morgan fingerprint density at radius 1 is 1.40 bits per heavy atom. The lowest BCUT2D eigenvalue weighted by molar-refractivity contribution is -0.132. The number of carbonyl (C=O) groups is 1. The highest BCUT2D eigenvalue weighted by Crippen LogP contribution is 2.26. The summed E-state index contributed by atoms with van der Waals surface area (Å²) in [5.74, 6) is -0.335. The predicted octanol–water partition coefficient (Wildman–Crippen LogP) is 0.964. The summed E-state index contributed by atoms with van der Waals surface area (Å²) >= 11 is 0. The minimum Gasteiger partial charge on any atom is -0.494 e. The summed E-state index contributed by atoms with van der Waals surface area (Å²) in [4.78, 5) is 11.7. The average molecular weight is 371 g/mol. The van der Waals surface area contributed by atoms with Crippen LogP contribution in [-0.2, 0) is 14.8 Å². The summed E-state index contributed by atoms with van der Waals surface area (Å²) < 4.78 is 32.0. The summed E-state index contributed by atoms with van der Waals surface area (Å²) in [7, 11) is -4.01. The van der Waals surface area contributed by atoms with Gasteiger partial charge in [-0.3, -0.25) is 10.0 Å². The third-order valence-corrected chi connectivity index (χ3v) is 5.74. The molecule has 1 aromatic carbocycles. The number of carbonyl (C=O) groups excluding carboxylic acids is 1. The first-order chi connectivity index (χ1) is 11.9. The molecule has 0 saturated carbocycles. The zero-order valence-corrected chi connectivity index (χ0v) is 14.6. The second kappa shape index (κ2) is 8.28. The molecule has 1 atom stereocenters. The lowest BCUT2D eigenvalue weighted by Crippen LogP contribution is -2.45. The van der Waals surface area contributed by atoms with Crippen LogP contribution in [0, 0.1) is 0 Å². The number of nitrogens with zero attached hydrogens (tertiary/aromatic N) is 2. The van der Waals surface area contributed by atoms with Gasteiger partial charge in [0.15, 0.2) is 0 Å². The SMILES string of the molecule is CCCCOc1ccc(S(=O)(=O)N2C/C(=N/O)C[C@@H]2C(=O)NO)cc1. The van der Waals surface area contributed by atoms with Crippen molar-refractivity contribution in [3.63, 3.8) is 0 Å². The van der Waals surface area contributed by atoms with E-state index in [1.807, 2.05) is 6.92 Å². The Kier molecular flexibility index (Phi) is 6.34.